The zero-order chi connectivity index (χ0) is 16.4. The van der Waals surface area contributed by atoms with Gasteiger partial charge in [-0.1, -0.05) is 0 Å². The summed E-state index contributed by atoms with van der Waals surface area (Å²) in [5, 5.41) is 10.8. The van der Waals surface area contributed by atoms with E-state index in [-0.39, 0.29) is 11.7 Å². The number of nitro groups is 1. The summed E-state index contributed by atoms with van der Waals surface area (Å²) in [6.07, 6.45) is 1.33. The molecule has 0 saturated heterocycles. The Morgan fingerprint density at radius 2 is 2.18 bits per heavy atom. The van der Waals surface area contributed by atoms with E-state index in [0.29, 0.717) is 18.8 Å². The van der Waals surface area contributed by atoms with Crippen LogP contribution in [0.2, 0.25) is 0 Å². The summed E-state index contributed by atoms with van der Waals surface area (Å²) in [6.45, 7) is 7.29. The molecule has 1 unspecified atom stereocenters. The van der Waals surface area contributed by atoms with E-state index in [1.165, 1.54) is 6.92 Å². The summed E-state index contributed by atoms with van der Waals surface area (Å²) >= 11 is 0. The third-order valence-corrected chi connectivity index (χ3v) is 3.82. The standard InChI is InChI=1S/C16H19NO5/c1-5-21-16(18)14-8-13-7-12(6-9(2)17(19)20)10(3)11(4)15(13)22-14/h6-7,14H,5,8H2,1-4H3. The maximum atomic E-state index is 11.8. The second-order valence-corrected chi connectivity index (χ2v) is 5.31. The van der Waals surface area contributed by atoms with E-state index in [4.69, 9.17) is 9.47 Å². The molecule has 1 aromatic carbocycles. The van der Waals surface area contributed by atoms with Crippen LogP contribution < -0.4 is 4.74 Å². The first kappa shape index (κ1) is 16.0. The van der Waals surface area contributed by atoms with Crippen LogP contribution in [0.25, 0.3) is 6.08 Å². The number of hydrogen-bond donors (Lipinski definition) is 0. The Morgan fingerprint density at radius 3 is 2.77 bits per heavy atom. The Morgan fingerprint density at radius 1 is 1.50 bits per heavy atom. The van der Waals surface area contributed by atoms with Crippen molar-refractivity contribution in [2.45, 2.75) is 40.2 Å². The van der Waals surface area contributed by atoms with E-state index in [1.807, 2.05) is 19.9 Å². The maximum Gasteiger partial charge on any atom is 0.347 e. The van der Waals surface area contributed by atoms with Crippen LogP contribution in [0.5, 0.6) is 5.75 Å². The number of carbonyl (C=O) groups is 1. The van der Waals surface area contributed by atoms with Crippen molar-refractivity contribution < 1.29 is 19.2 Å². The molecule has 0 amide bonds. The molecule has 22 heavy (non-hydrogen) atoms. The average molecular weight is 305 g/mol. The number of nitrogens with zero attached hydrogens (tertiary/aromatic N) is 1. The van der Waals surface area contributed by atoms with Gasteiger partial charge in [0, 0.05) is 19.4 Å². The lowest BCUT2D eigenvalue weighted by molar-refractivity contribution is -0.422. The molecule has 6 heteroatoms. The van der Waals surface area contributed by atoms with E-state index in [0.717, 1.165) is 22.3 Å². The summed E-state index contributed by atoms with van der Waals surface area (Å²) in [5.74, 6) is 0.306. The molecule has 0 saturated carbocycles. The van der Waals surface area contributed by atoms with Crippen LogP contribution in [0, 0.1) is 24.0 Å². The van der Waals surface area contributed by atoms with Crippen LogP contribution in [-0.4, -0.2) is 23.6 Å². The Labute approximate surface area is 128 Å². The highest BCUT2D eigenvalue weighted by Crippen LogP contribution is 2.37. The van der Waals surface area contributed by atoms with Gasteiger partial charge in [-0.25, -0.2) is 4.79 Å². The summed E-state index contributed by atoms with van der Waals surface area (Å²) in [7, 11) is 0. The van der Waals surface area contributed by atoms with E-state index in [1.54, 1.807) is 13.0 Å². The molecule has 0 N–H and O–H groups in total. The third-order valence-electron chi connectivity index (χ3n) is 3.82. The molecule has 0 fully saturated rings. The van der Waals surface area contributed by atoms with Gasteiger partial charge >= 0.3 is 5.97 Å². The fraction of sp³-hybridized carbons (Fsp3) is 0.438. The predicted molar refractivity (Wildman–Crippen MR) is 81.3 cm³/mol. The van der Waals surface area contributed by atoms with Gasteiger partial charge in [-0.3, -0.25) is 10.1 Å². The Bertz CT molecular complexity index is 663. The topological polar surface area (TPSA) is 78.7 Å². The lowest BCUT2D eigenvalue weighted by Crippen LogP contribution is -2.27. The molecule has 1 aliphatic heterocycles. The number of hydrogen-bond acceptors (Lipinski definition) is 5. The predicted octanol–water partition coefficient (Wildman–Crippen LogP) is 2.81. The van der Waals surface area contributed by atoms with Crippen molar-refractivity contribution in [2.75, 3.05) is 6.61 Å². The summed E-state index contributed by atoms with van der Waals surface area (Å²) < 4.78 is 10.7. The normalized spacial score (nSPS) is 16.9. The molecule has 118 valence electrons. The minimum Gasteiger partial charge on any atom is -0.478 e. The average Bonchev–Trinajstić information content (AvgIpc) is 2.88. The minimum atomic E-state index is -0.635. The molecular weight excluding hydrogens is 286 g/mol. The lowest BCUT2D eigenvalue weighted by Gasteiger charge is -2.12. The zero-order valence-corrected chi connectivity index (χ0v) is 13.1. The second-order valence-electron chi connectivity index (χ2n) is 5.31. The molecule has 0 bridgehead atoms. The number of allylic oxidation sites excluding steroid dienone is 1. The smallest absolute Gasteiger partial charge is 0.347 e. The second kappa shape index (κ2) is 6.17. The third kappa shape index (κ3) is 2.95. The van der Waals surface area contributed by atoms with Gasteiger partial charge in [0.05, 0.1) is 11.5 Å². The van der Waals surface area contributed by atoms with Crippen molar-refractivity contribution in [1.82, 2.24) is 0 Å². The van der Waals surface area contributed by atoms with Gasteiger partial charge in [0.1, 0.15) is 5.75 Å². The van der Waals surface area contributed by atoms with Crippen molar-refractivity contribution in [2.24, 2.45) is 0 Å². The van der Waals surface area contributed by atoms with Crippen molar-refractivity contribution in [3.8, 4) is 5.75 Å². The van der Waals surface area contributed by atoms with Gasteiger partial charge in [0.2, 0.25) is 5.70 Å². The summed E-state index contributed by atoms with van der Waals surface area (Å²) in [4.78, 5) is 22.2. The van der Waals surface area contributed by atoms with Crippen molar-refractivity contribution >= 4 is 12.0 Å². The maximum absolute atomic E-state index is 11.8. The molecule has 1 aliphatic rings. The molecule has 1 atom stereocenters. The van der Waals surface area contributed by atoms with Gasteiger partial charge in [-0.05, 0) is 49.1 Å². The number of rotatable bonds is 4. The molecule has 0 spiro atoms. The first-order chi connectivity index (χ1) is 10.3. The molecule has 6 nitrogen and oxygen atoms in total. The zero-order valence-electron chi connectivity index (χ0n) is 13.1. The van der Waals surface area contributed by atoms with Crippen LogP contribution in [0.4, 0.5) is 0 Å². The van der Waals surface area contributed by atoms with Crippen molar-refractivity contribution in [3.05, 3.63) is 44.1 Å². The molecular formula is C16H19NO5. The highest BCUT2D eigenvalue weighted by molar-refractivity contribution is 5.77. The van der Waals surface area contributed by atoms with Gasteiger partial charge in [0.25, 0.3) is 0 Å². The molecule has 1 heterocycles. The molecule has 0 radical (unpaired) electrons. The molecule has 0 aromatic heterocycles. The van der Waals surface area contributed by atoms with Gasteiger partial charge in [0.15, 0.2) is 6.10 Å². The van der Waals surface area contributed by atoms with Crippen LogP contribution in [0.1, 0.15) is 36.1 Å². The Kier molecular flexibility index (Phi) is 4.49. The van der Waals surface area contributed by atoms with Gasteiger partial charge in [-0.2, -0.15) is 0 Å². The van der Waals surface area contributed by atoms with Crippen LogP contribution in [0.3, 0.4) is 0 Å². The van der Waals surface area contributed by atoms with Gasteiger partial charge in [-0.15, -0.1) is 0 Å². The Hall–Kier alpha value is -2.37. The van der Waals surface area contributed by atoms with E-state index < -0.39 is 11.0 Å². The highest BCUT2D eigenvalue weighted by atomic mass is 16.6. The number of ether oxygens (including phenoxy) is 2. The highest BCUT2D eigenvalue weighted by Gasteiger charge is 2.32. The lowest BCUT2D eigenvalue weighted by atomic mass is 9.96. The van der Waals surface area contributed by atoms with E-state index >= 15 is 0 Å². The molecule has 2 rings (SSSR count). The van der Waals surface area contributed by atoms with Crippen LogP contribution in [-0.2, 0) is 16.0 Å². The first-order valence-electron chi connectivity index (χ1n) is 7.14. The largest absolute Gasteiger partial charge is 0.478 e. The SMILES string of the molecule is CCOC(=O)C1Cc2cc(C=C(C)[N+](=O)[O-])c(C)c(C)c2O1. The van der Waals surface area contributed by atoms with Gasteiger partial charge < -0.3 is 9.47 Å². The quantitative estimate of drug-likeness (QED) is 0.485. The van der Waals surface area contributed by atoms with Crippen molar-refractivity contribution in [3.63, 3.8) is 0 Å². The fourth-order valence-electron chi connectivity index (χ4n) is 2.48. The minimum absolute atomic E-state index is 0.0725. The summed E-state index contributed by atoms with van der Waals surface area (Å²) in [5.41, 5.74) is 3.53. The number of esters is 1. The molecule has 0 aliphatic carbocycles. The summed E-state index contributed by atoms with van der Waals surface area (Å²) in [6, 6.07) is 1.85. The van der Waals surface area contributed by atoms with Crippen molar-refractivity contribution in [1.29, 1.82) is 0 Å². The first-order valence-corrected chi connectivity index (χ1v) is 7.14. The Balaban J connectivity index is 2.37. The monoisotopic (exact) mass is 305 g/mol. The number of fused-ring (bicyclic) bond motifs is 1. The number of carbonyl (C=O) groups excluding carboxylic acids is 1. The van der Waals surface area contributed by atoms with Crippen LogP contribution in [0.15, 0.2) is 11.8 Å². The molecule has 1 aromatic rings. The van der Waals surface area contributed by atoms with E-state index in [2.05, 4.69) is 0 Å². The fourth-order valence-corrected chi connectivity index (χ4v) is 2.48. The van der Waals surface area contributed by atoms with Crippen LogP contribution >= 0.6 is 0 Å². The number of benzene rings is 1. The van der Waals surface area contributed by atoms with E-state index in [9.17, 15) is 14.9 Å².